The van der Waals surface area contributed by atoms with Crippen LogP contribution in [-0.2, 0) is 35.9 Å². The van der Waals surface area contributed by atoms with Crippen LogP contribution in [-0.4, -0.2) is 33.6 Å². The molecule has 0 fully saturated rings. The molecule has 2 amide bonds. The van der Waals surface area contributed by atoms with Gasteiger partial charge in [-0.25, -0.2) is 9.52 Å². The van der Waals surface area contributed by atoms with Gasteiger partial charge in [0.05, 0.1) is 0 Å². The Morgan fingerprint density at radius 2 is 1.65 bits per heavy atom. The molecule has 144 valence electrons. The van der Waals surface area contributed by atoms with Gasteiger partial charge in [-0.2, -0.15) is 13.1 Å². The molecule has 4 N–H and O–H groups in total. The first-order valence-electron chi connectivity index (χ1n) is 9.34. The molecule has 8 heteroatoms. The van der Waals surface area contributed by atoms with Crippen molar-refractivity contribution in [2.45, 2.75) is 58.4 Å². The van der Waals surface area contributed by atoms with E-state index in [0.29, 0.717) is 6.54 Å². The van der Waals surface area contributed by atoms with Crippen LogP contribution in [0.2, 0.25) is 0 Å². The zero-order valence-corrected chi connectivity index (χ0v) is 16.3. The van der Waals surface area contributed by atoms with Gasteiger partial charge >= 0.3 is 16.2 Å². The van der Waals surface area contributed by atoms with Gasteiger partial charge in [0, 0.05) is 24.8 Å². The van der Waals surface area contributed by atoms with E-state index < -0.39 is 16.2 Å². The van der Waals surface area contributed by atoms with Gasteiger partial charge in [0.25, 0.3) is 0 Å². The predicted molar refractivity (Wildman–Crippen MR) is 103 cm³/mol. The van der Waals surface area contributed by atoms with Crippen LogP contribution in [0.4, 0.5) is 10.5 Å². The largest absolute Gasteiger partial charge is 0.333 e. The number of aryl methyl sites for hydroxylation is 2. The Balaban J connectivity index is 1.64. The molecular weight excluding hydrogens is 352 g/mol. The summed E-state index contributed by atoms with van der Waals surface area (Å²) >= 11 is 0. The summed E-state index contributed by atoms with van der Waals surface area (Å²) < 4.78 is 28.5. The van der Waals surface area contributed by atoms with E-state index in [2.05, 4.69) is 26.1 Å². The summed E-state index contributed by atoms with van der Waals surface area (Å²) in [5.74, 6) is 0. The predicted octanol–water partition coefficient (Wildman–Crippen LogP) is 1.62. The van der Waals surface area contributed by atoms with E-state index in [1.807, 2.05) is 13.8 Å². The van der Waals surface area contributed by atoms with Crippen LogP contribution in [0.15, 0.2) is 6.07 Å². The summed E-state index contributed by atoms with van der Waals surface area (Å²) in [5, 5.41) is 5.93. The molecule has 0 aromatic heterocycles. The Bertz CT molecular complexity index is 758. The van der Waals surface area contributed by atoms with Crippen molar-refractivity contribution in [3.8, 4) is 0 Å². The highest BCUT2D eigenvalue weighted by Gasteiger charge is 2.25. The number of nitrogens with one attached hydrogen (secondary N) is 4. The molecule has 0 spiro atoms. The molecule has 2 aliphatic carbocycles. The second kappa shape index (κ2) is 7.94. The van der Waals surface area contributed by atoms with Crippen molar-refractivity contribution < 1.29 is 13.2 Å². The van der Waals surface area contributed by atoms with Crippen LogP contribution in [0.1, 0.15) is 48.9 Å². The van der Waals surface area contributed by atoms with E-state index in [9.17, 15) is 13.2 Å². The van der Waals surface area contributed by atoms with Crippen LogP contribution in [0.25, 0.3) is 0 Å². The lowest BCUT2D eigenvalue weighted by Gasteiger charge is -2.17. The first-order valence-corrected chi connectivity index (χ1v) is 10.8. The maximum Gasteiger partial charge on any atom is 0.333 e. The topological polar surface area (TPSA) is 99.3 Å². The van der Waals surface area contributed by atoms with E-state index in [4.69, 9.17) is 0 Å². The molecular formula is C18H28N4O3S. The SMILES string of the molecule is CC(C)NCCNS(=O)(=O)NC(=O)Nc1c2c(cc3c1CCC3)CCC2. The van der Waals surface area contributed by atoms with Crippen molar-refractivity contribution >= 4 is 21.9 Å². The molecule has 26 heavy (non-hydrogen) atoms. The molecule has 0 bridgehead atoms. The van der Waals surface area contributed by atoms with E-state index in [1.54, 1.807) is 0 Å². The standard InChI is InChI=1S/C18H28N4O3S/c1-12(2)19-9-10-20-26(24,25)22-18(23)21-17-15-7-3-5-13(15)11-14-6-4-8-16(14)17/h11-12,19-20H,3-10H2,1-2H3,(H2,21,22,23). The van der Waals surface area contributed by atoms with Crippen molar-refractivity contribution in [1.29, 1.82) is 0 Å². The zero-order valence-electron chi connectivity index (χ0n) is 15.4. The minimum atomic E-state index is -3.88. The fraction of sp³-hybridized carbons (Fsp3) is 0.611. The van der Waals surface area contributed by atoms with Gasteiger partial charge < -0.3 is 10.6 Å². The summed E-state index contributed by atoms with van der Waals surface area (Å²) in [6.07, 6.45) is 6.09. The Morgan fingerprint density at radius 1 is 1.04 bits per heavy atom. The molecule has 0 atom stereocenters. The Labute approximate surface area is 155 Å². The third-order valence-corrected chi connectivity index (χ3v) is 5.95. The zero-order chi connectivity index (χ0) is 18.7. The van der Waals surface area contributed by atoms with Gasteiger partial charge in [-0.05, 0) is 60.8 Å². The van der Waals surface area contributed by atoms with Crippen molar-refractivity contribution in [2.75, 3.05) is 18.4 Å². The summed E-state index contributed by atoms with van der Waals surface area (Å²) in [7, 11) is -3.88. The van der Waals surface area contributed by atoms with Crippen molar-refractivity contribution in [1.82, 2.24) is 14.8 Å². The second-order valence-corrected chi connectivity index (χ2v) is 8.80. The van der Waals surface area contributed by atoms with Crippen molar-refractivity contribution in [2.24, 2.45) is 0 Å². The number of rotatable bonds is 7. The summed E-state index contributed by atoms with van der Waals surface area (Å²) in [5.41, 5.74) is 5.77. The Kier molecular flexibility index (Phi) is 5.84. The minimum absolute atomic E-state index is 0.219. The van der Waals surface area contributed by atoms with Gasteiger partial charge in [0.1, 0.15) is 0 Å². The molecule has 2 aliphatic rings. The molecule has 0 unspecified atom stereocenters. The fourth-order valence-corrected chi connectivity index (χ4v) is 4.55. The van der Waals surface area contributed by atoms with E-state index >= 15 is 0 Å². The van der Waals surface area contributed by atoms with Crippen LogP contribution in [0, 0.1) is 0 Å². The lowest BCUT2D eigenvalue weighted by Crippen LogP contribution is -2.45. The van der Waals surface area contributed by atoms with E-state index in [0.717, 1.165) is 44.2 Å². The van der Waals surface area contributed by atoms with Crippen LogP contribution in [0.3, 0.4) is 0 Å². The van der Waals surface area contributed by atoms with Gasteiger partial charge in [-0.1, -0.05) is 19.9 Å². The number of benzene rings is 1. The first kappa shape index (κ1) is 19.1. The monoisotopic (exact) mass is 380 g/mol. The molecule has 0 saturated carbocycles. The number of amides is 2. The molecule has 1 aromatic rings. The third kappa shape index (κ3) is 4.55. The lowest BCUT2D eigenvalue weighted by atomic mass is 9.99. The van der Waals surface area contributed by atoms with E-state index in [1.165, 1.54) is 22.3 Å². The van der Waals surface area contributed by atoms with Crippen LogP contribution in [0.5, 0.6) is 0 Å². The number of hydrogen-bond donors (Lipinski definition) is 4. The molecule has 0 saturated heterocycles. The second-order valence-electron chi connectivity index (χ2n) is 7.30. The lowest BCUT2D eigenvalue weighted by molar-refractivity contribution is 0.256. The van der Waals surface area contributed by atoms with E-state index in [-0.39, 0.29) is 12.6 Å². The molecule has 0 heterocycles. The number of carbonyl (C=O) groups excluding carboxylic acids is 1. The number of hydrogen-bond acceptors (Lipinski definition) is 4. The number of carbonyl (C=O) groups is 1. The maximum absolute atomic E-state index is 12.3. The Hall–Kier alpha value is -1.64. The normalized spacial score (nSPS) is 15.8. The first-order chi connectivity index (χ1) is 12.4. The third-order valence-electron chi connectivity index (χ3n) is 4.91. The van der Waals surface area contributed by atoms with Crippen LogP contribution >= 0.6 is 0 Å². The van der Waals surface area contributed by atoms with Gasteiger partial charge in [0.15, 0.2) is 0 Å². The number of fused-ring (bicyclic) bond motifs is 2. The van der Waals surface area contributed by atoms with Crippen molar-refractivity contribution in [3.05, 3.63) is 28.3 Å². The fourth-order valence-electron chi connectivity index (χ4n) is 3.81. The molecule has 1 aromatic carbocycles. The molecule has 0 aliphatic heterocycles. The van der Waals surface area contributed by atoms with Gasteiger partial charge in [-0.3, -0.25) is 0 Å². The molecule has 0 radical (unpaired) electrons. The highest BCUT2D eigenvalue weighted by molar-refractivity contribution is 7.88. The summed E-state index contributed by atoms with van der Waals surface area (Å²) in [6, 6.07) is 1.84. The highest BCUT2D eigenvalue weighted by atomic mass is 32.2. The van der Waals surface area contributed by atoms with Crippen molar-refractivity contribution in [3.63, 3.8) is 0 Å². The maximum atomic E-state index is 12.3. The molecule has 3 rings (SSSR count). The average Bonchev–Trinajstić information content (AvgIpc) is 3.19. The highest BCUT2D eigenvalue weighted by Crippen LogP contribution is 2.38. The quantitative estimate of drug-likeness (QED) is 0.540. The van der Waals surface area contributed by atoms with Crippen LogP contribution < -0.4 is 20.1 Å². The van der Waals surface area contributed by atoms with Gasteiger partial charge in [-0.15, -0.1) is 0 Å². The molecule has 7 nitrogen and oxygen atoms in total. The Morgan fingerprint density at radius 3 is 2.23 bits per heavy atom. The summed E-state index contributed by atoms with van der Waals surface area (Å²) in [6.45, 7) is 4.69. The average molecular weight is 381 g/mol. The summed E-state index contributed by atoms with van der Waals surface area (Å²) in [4.78, 5) is 12.3. The smallest absolute Gasteiger partial charge is 0.313 e. The number of anilines is 1. The minimum Gasteiger partial charge on any atom is -0.313 e. The van der Waals surface area contributed by atoms with Gasteiger partial charge in [0.2, 0.25) is 0 Å². The number of urea groups is 1.